The summed E-state index contributed by atoms with van der Waals surface area (Å²) in [6.45, 7) is 5.59. The lowest BCUT2D eigenvalue weighted by molar-refractivity contribution is -0.274. The maximum absolute atomic E-state index is 12.4. The Labute approximate surface area is 179 Å². The number of hydrogen-bond acceptors (Lipinski definition) is 10. The van der Waals surface area contributed by atoms with E-state index in [1.54, 1.807) is 6.92 Å². The van der Waals surface area contributed by atoms with Crippen molar-refractivity contribution in [1.82, 2.24) is 24.8 Å². The lowest BCUT2D eigenvalue weighted by atomic mass is 10.3. The van der Waals surface area contributed by atoms with Crippen molar-refractivity contribution >= 4 is 38.6 Å². The molecule has 2 aromatic heterocycles. The first kappa shape index (κ1) is 21.5. The molecule has 3 aromatic rings. The van der Waals surface area contributed by atoms with Crippen LogP contribution in [-0.2, 0) is 0 Å². The third-order valence-electron chi connectivity index (χ3n) is 4.62. The number of piperazine rings is 1. The second kappa shape index (κ2) is 8.77. The van der Waals surface area contributed by atoms with Crippen LogP contribution in [0, 0.1) is 6.92 Å². The van der Waals surface area contributed by atoms with Crippen molar-refractivity contribution in [3.8, 4) is 5.75 Å². The number of alkyl halides is 3. The number of aryl methyl sites for hydroxylation is 1. The van der Waals surface area contributed by atoms with E-state index in [4.69, 9.17) is 5.11 Å². The minimum Gasteiger partial charge on any atom is -0.406 e. The topological polar surface area (TPSA) is 99.5 Å². The van der Waals surface area contributed by atoms with Gasteiger partial charge in [-0.1, -0.05) is 11.3 Å². The number of halogens is 3. The van der Waals surface area contributed by atoms with Crippen molar-refractivity contribution in [2.45, 2.75) is 13.3 Å². The number of rotatable bonds is 6. The summed E-state index contributed by atoms with van der Waals surface area (Å²) >= 11 is 1.17. The van der Waals surface area contributed by atoms with E-state index in [-0.39, 0.29) is 12.4 Å². The molecule has 0 aliphatic carbocycles. The molecule has 1 aliphatic heterocycles. The highest BCUT2D eigenvalue weighted by Crippen LogP contribution is 2.32. The van der Waals surface area contributed by atoms with Gasteiger partial charge in [-0.05, 0) is 19.1 Å². The van der Waals surface area contributed by atoms with Crippen molar-refractivity contribution < 1.29 is 23.0 Å². The zero-order valence-electron chi connectivity index (χ0n) is 16.6. The summed E-state index contributed by atoms with van der Waals surface area (Å²) in [5.41, 5.74) is 0.535. The van der Waals surface area contributed by atoms with E-state index in [0.29, 0.717) is 39.6 Å². The zero-order chi connectivity index (χ0) is 22.0. The first-order valence-corrected chi connectivity index (χ1v) is 10.3. The molecule has 2 N–H and O–H groups in total. The summed E-state index contributed by atoms with van der Waals surface area (Å²) in [7, 11) is 0. The molecule has 166 valence electrons. The summed E-state index contributed by atoms with van der Waals surface area (Å²) in [5, 5.41) is 12.5. The smallest absolute Gasteiger partial charge is 0.406 e. The largest absolute Gasteiger partial charge is 0.573 e. The Morgan fingerprint density at radius 3 is 2.61 bits per heavy atom. The van der Waals surface area contributed by atoms with E-state index in [2.05, 4.69) is 34.9 Å². The Balaban J connectivity index is 1.49. The number of anilines is 3. The summed E-state index contributed by atoms with van der Waals surface area (Å²) < 4.78 is 41.8. The second-order valence-corrected chi connectivity index (χ2v) is 7.91. The first-order chi connectivity index (χ1) is 14.8. The van der Waals surface area contributed by atoms with E-state index in [1.165, 1.54) is 29.5 Å². The molecule has 1 aliphatic rings. The minimum atomic E-state index is -4.75. The van der Waals surface area contributed by atoms with E-state index in [0.717, 1.165) is 26.2 Å². The van der Waals surface area contributed by atoms with Crippen LogP contribution in [0.2, 0.25) is 0 Å². The monoisotopic (exact) mass is 455 g/mol. The molecule has 0 atom stereocenters. The Kier molecular flexibility index (Phi) is 6.07. The van der Waals surface area contributed by atoms with Crippen LogP contribution in [0.3, 0.4) is 0 Å². The SMILES string of the molecule is Cc1nc(Nc2nc3ccc(OC(F)(F)F)cc3s2)nc(N2CCN(CCO)CC2)n1. The fourth-order valence-electron chi connectivity index (χ4n) is 3.23. The van der Waals surface area contributed by atoms with Crippen molar-refractivity contribution in [2.24, 2.45) is 0 Å². The number of benzene rings is 1. The average Bonchev–Trinajstić information content (AvgIpc) is 3.08. The number of thiazole rings is 1. The number of aliphatic hydroxyl groups excluding tert-OH is 1. The number of nitrogens with zero attached hydrogens (tertiary/aromatic N) is 6. The molecule has 0 saturated carbocycles. The van der Waals surface area contributed by atoms with Crippen LogP contribution < -0.4 is 15.0 Å². The number of hydrogen-bond donors (Lipinski definition) is 2. The first-order valence-electron chi connectivity index (χ1n) is 9.53. The fraction of sp³-hybridized carbons (Fsp3) is 0.444. The van der Waals surface area contributed by atoms with E-state index >= 15 is 0 Å². The predicted molar refractivity (Wildman–Crippen MR) is 110 cm³/mol. The van der Waals surface area contributed by atoms with Gasteiger partial charge in [-0.2, -0.15) is 15.0 Å². The van der Waals surface area contributed by atoms with Crippen LogP contribution >= 0.6 is 11.3 Å². The molecule has 4 rings (SSSR count). The molecule has 9 nitrogen and oxygen atoms in total. The van der Waals surface area contributed by atoms with E-state index in [1.807, 2.05) is 4.90 Å². The van der Waals surface area contributed by atoms with Gasteiger partial charge >= 0.3 is 6.36 Å². The molecular formula is C18H20F3N7O2S. The highest BCUT2D eigenvalue weighted by Gasteiger charge is 2.31. The Hall–Kier alpha value is -2.77. The molecule has 1 saturated heterocycles. The molecule has 0 bridgehead atoms. The zero-order valence-corrected chi connectivity index (χ0v) is 17.4. The second-order valence-electron chi connectivity index (χ2n) is 6.88. The lowest BCUT2D eigenvalue weighted by Gasteiger charge is -2.34. The normalized spacial score (nSPS) is 15.5. The van der Waals surface area contributed by atoms with Crippen LogP contribution in [0.4, 0.5) is 30.2 Å². The number of aromatic nitrogens is 4. The Bertz CT molecular complexity index is 1050. The molecule has 1 fully saturated rings. The van der Waals surface area contributed by atoms with Crippen molar-refractivity contribution in [3.63, 3.8) is 0 Å². The number of β-amino-alcohol motifs (C(OH)–C–C–N with tert-alkyl or cyclic N) is 1. The van der Waals surface area contributed by atoms with Crippen LogP contribution in [-0.4, -0.2) is 75.6 Å². The number of fused-ring (bicyclic) bond motifs is 1. The van der Waals surface area contributed by atoms with Gasteiger partial charge in [-0.25, -0.2) is 4.98 Å². The molecule has 0 amide bonds. The predicted octanol–water partition coefficient (Wildman–Crippen LogP) is 2.55. The third kappa shape index (κ3) is 5.48. The maximum atomic E-state index is 12.4. The van der Waals surface area contributed by atoms with Gasteiger partial charge in [0, 0.05) is 38.8 Å². The average molecular weight is 455 g/mol. The fourth-order valence-corrected chi connectivity index (χ4v) is 4.12. The molecule has 1 aromatic carbocycles. The van der Waals surface area contributed by atoms with Crippen molar-refractivity contribution in [2.75, 3.05) is 49.5 Å². The van der Waals surface area contributed by atoms with Gasteiger partial charge in [0.2, 0.25) is 11.9 Å². The highest BCUT2D eigenvalue weighted by atomic mass is 32.1. The van der Waals surface area contributed by atoms with E-state index < -0.39 is 6.36 Å². The molecular weight excluding hydrogens is 435 g/mol. The van der Waals surface area contributed by atoms with Crippen molar-refractivity contribution in [3.05, 3.63) is 24.0 Å². The summed E-state index contributed by atoms with van der Waals surface area (Å²) in [4.78, 5) is 21.8. The van der Waals surface area contributed by atoms with Gasteiger partial charge in [0.1, 0.15) is 11.6 Å². The Morgan fingerprint density at radius 1 is 1.13 bits per heavy atom. The van der Waals surface area contributed by atoms with Gasteiger partial charge < -0.3 is 14.7 Å². The van der Waals surface area contributed by atoms with Gasteiger partial charge in [0.05, 0.1) is 16.8 Å². The molecule has 13 heteroatoms. The van der Waals surface area contributed by atoms with Gasteiger partial charge in [-0.3, -0.25) is 10.2 Å². The van der Waals surface area contributed by atoms with Gasteiger partial charge in [0.25, 0.3) is 0 Å². The number of aliphatic hydroxyl groups is 1. The lowest BCUT2D eigenvalue weighted by Crippen LogP contribution is -2.47. The Morgan fingerprint density at radius 2 is 1.90 bits per heavy atom. The summed E-state index contributed by atoms with van der Waals surface area (Å²) in [5.74, 6) is 1.09. The third-order valence-corrected chi connectivity index (χ3v) is 5.55. The van der Waals surface area contributed by atoms with Gasteiger partial charge in [0.15, 0.2) is 5.13 Å². The summed E-state index contributed by atoms with van der Waals surface area (Å²) in [6, 6.07) is 3.98. The van der Waals surface area contributed by atoms with Crippen LogP contribution in [0.5, 0.6) is 5.75 Å². The molecule has 31 heavy (non-hydrogen) atoms. The number of ether oxygens (including phenoxy) is 1. The molecule has 3 heterocycles. The standard InChI is InChI=1S/C18H20F3N7O2S/c1-11-22-15(25-16(23-11)28-6-4-27(5-7-28)8-9-29)26-17-24-13-3-2-12(10-14(13)31-17)30-18(19,20)21/h2-3,10,29H,4-9H2,1H3,(H,22,23,24,25,26). The number of nitrogens with one attached hydrogen (secondary N) is 1. The molecule has 0 radical (unpaired) electrons. The molecule has 0 unspecified atom stereocenters. The van der Waals surface area contributed by atoms with Crippen LogP contribution in [0.25, 0.3) is 10.2 Å². The molecule has 0 spiro atoms. The minimum absolute atomic E-state index is 0.130. The van der Waals surface area contributed by atoms with Crippen molar-refractivity contribution in [1.29, 1.82) is 0 Å². The maximum Gasteiger partial charge on any atom is 0.573 e. The quantitative estimate of drug-likeness (QED) is 0.581. The van der Waals surface area contributed by atoms with Crippen LogP contribution in [0.15, 0.2) is 18.2 Å². The van der Waals surface area contributed by atoms with Gasteiger partial charge in [-0.15, -0.1) is 13.2 Å². The highest BCUT2D eigenvalue weighted by molar-refractivity contribution is 7.22. The van der Waals surface area contributed by atoms with Crippen LogP contribution in [0.1, 0.15) is 5.82 Å². The summed E-state index contributed by atoms with van der Waals surface area (Å²) in [6.07, 6.45) is -4.75. The van der Waals surface area contributed by atoms with E-state index in [9.17, 15) is 13.2 Å².